The van der Waals surface area contributed by atoms with Crippen LogP contribution in [0.4, 0.5) is 5.69 Å². The zero-order valence-electron chi connectivity index (χ0n) is 17.5. The molecular formula is C27H25NO3. The second kappa shape index (κ2) is 8.05. The lowest BCUT2D eigenvalue weighted by Gasteiger charge is -2.36. The van der Waals surface area contributed by atoms with Gasteiger partial charge in [0.25, 0.3) is 5.91 Å². The van der Waals surface area contributed by atoms with Gasteiger partial charge in [-0.25, -0.2) is 0 Å². The van der Waals surface area contributed by atoms with Crippen molar-refractivity contribution in [2.75, 3.05) is 11.5 Å². The van der Waals surface area contributed by atoms with Crippen molar-refractivity contribution in [3.8, 4) is 5.75 Å². The first-order valence-electron chi connectivity index (χ1n) is 10.6. The van der Waals surface area contributed by atoms with Gasteiger partial charge in [0.1, 0.15) is 18.5 Å². The van der Waals surface area contributed by atoms with Crippen molar-refractivity contribution < 1.29 is 14.3 Å². The van der Waals surface area contributed by atoms with Crippen LogP contribution in [0.15, 0.2) is 96.6 Å². The third-order valence-electron chi connectivity index (χ3n) is 5.91. The summed E-state index contributed by atoms with van der Waals surface area (Å²) in [5.74, 6) is 0.787. The summed E-state index contributed by atoms with van der Waals surface area (Å²) in [5, 5.41) is 0. The number of benzene rings is 3. The maximum absolute atomic E-state index is 13.8. The predicted octanol–water partition coefficient (Wildman–Crippen LogP) is 5.24. The lowest BCUT2D eigenvalue weighted by atomic mass is 9.85. The van der Waals surface area contributed by atoms with Gasteiger partial charge in [0, 0.05) is 12.0 Å². The fourth-order valence-electron chi connectivity index (χ4n) is 4.58. The summed E-state index contributed by atoms with van der Waals surface area (Å²) < 4.78 is 12.5. The fraction of sp³-hybridized carbons (Fsp3) is 0.222. The van der Waals surface area contributed by atoms with E-state index in [1.54, 1.807) is 0 Å². The van der Waals surface area contributed by atoms with Crippen LogP contribution in [0.5, 0.6) is 5.75 Å². The van der Waals surface area contributed by atoms with Gasteiger partial charge in [-0.3, -0.25) is 4.79 Å². The molecule has 0 N–H and O–H groups in total. The predicted molar refractivity (Wildman–Crippen MR) is 121 cm³/mol. The van der Waals surface area contributed by atoms with Crippen molar-refractivity contribution in [1.82, 2.24) is 0 Å². The number of anilines is 1. The Bertz CT molecular complexity index is 1110. The molecule has 5 rings (SSSR count). The van der Waals surface area contributed by atoms with E-state index in [-0.39, 0.29) is 12.0 Å². The van der Waals surface area contributed by atoms with Crippen LogP contribution in [0.25, 0.3) is 0 Å². The minimum atomic E-state index is -1.01. The molecule has 4 nitrogen and oxygen atoms in total. The SMILES string of the molecule is CC1=CC(COc2ccccc2)OC2(C1)C(=O)N(Cc1ccccc1)c1ccccc12. The Morgan fingerprint density at radius 1 is 0.968 bits per heavy atom. The molecule has 2 aliphatic heterocycles. The molecule has 2 unspecified atom stereocenters. The maximum Gasteiger partial charge on any atom is 0.264 e. The van der Waals surface area contributed by atoms with Crippen LogP contribution in [-0.2, 0) is 21.7 Å². The molecule has 0 saturated carbocycles. The molecular weight excluding hydrogens is 386 g/mol. The molecule has 3 aromatic carbocycles. The van der Waals surface area contributed by atoms with Crippen LogP contribution < -0.4 is 9.64 Å². The van der Waals surface area contributed by atoms with E-state index in [1.165, 1.54) is 0 Å². The van der Waals surface area contributed by atoms with Gasteiger partial charge in [-0.1, -0.05) is 78.4 Å². The first kappa shape index (κ1) is 19.6. The number of ether oxygens (including phenoxy) is 2. The van der Waals surface area contributed by atoms with Crippen LogP contribution in [0.3, 0.4) is 0 Å². The molecule has 3 aromatic rings. The van der Waals surface area contributed by atoms with E-state index in [0.29, 0.717) is 19.6 Å². The molecule has 0 aliphatic carbocycles. The van der Waals surface area contributed by atoms with Crippen LogP contribution in [-0.4, -0.2) is 18.6 Å². The quantitative estimate of drug-likeness (QED) is 0.539. The van der Waals surface area contributed by atoms with Crippen molar-refractivity contribution in [2.45, 2.75) is 31.6 Å². The highest BCUT2D eigenvalue weighted by Crippen LogP contribution is 2.49. The van der Waals surface area contributed by atoms with Crippen LogP contribution in [0, 0.1) is 0 Å². The van der Waals surface area contributed by atoms with Gasteiger partial charge in [0.05, 0.1) is 12.2 Å². The number of carbonyl (C=O) groups is 1. The monoisotopic (exact) mass is 411 g/mol. The summed E-state index contributed by atoms with van der Waals surface area (Å²) in [7, 11) is 0. The number of para-hydroxylation sites is 2. The van der Waals surface area contributed by atoms with E-state index in [9.17, 15) is 4.79 Å². The molecule has 4 heteroatoms. The van der Waals surface area contributed by atoms with E-state index in [0.717, 1.165) is 28.1 Å². The molecule has 0 radical (unpaired) electrons. The van der Waals surface area contributed by atoms with E-state index in [4.69, 9.17) is 9.47 Å². The van der Waals surface area contributed by atoms with Crippen molar-refractivity contribution in [1.29, 1.82) is 0 Å². The van der Waals surface area contributed by atoms with Crippen LogP contribution in [0.1, 0.15) is 24.5 Å². The van der Waals surface area contributed by atoms with Gasteiger partial charge in [0.2, 0.25) is 0 Å². The van der Waals surface area contributed by atoms with E-state index >= 15 is 0 Å². The average Bonchev–Trinajstić information content (AvgIpc) is 3.01. The Kier molecular flexibility index (Phi) is 5.08. The largest absolute Gasteiger partial charge is 0.491 e. The molecule has 0 aromatic heterocycles. The van der Waals surface area contributed by atoms with E-state index < -0.39 is 5.60 Å². The number of hydrogen-bond donors (Lipinski definition) is 0. The second-order valence-corrected chi connectivity index (χ2v) is 8.19. The Balaban J connectivity index is 1.45. The zero-order valence-corrected chi connectivity index (χ0v) is 17.5. The summed E-state index contributed by atoms with van der Waals surface area (Å²) in [5.41, 5.74) is 3.09. The van der Waals surface area contributed by atoms with Gasteiger partial charge in [0.15, 0.2) is 5.60 Å². The summed E-state index contributed by atoms with van der Waals surface area (Å²) in [6, 6.07) is 27.8. The minimum Gasteiger partial charge on any atom is -0.491 e. The van der Waals surface area contributed by atoms with Crippen molar-refractivity contribution in [2.24, 2.45) is 0 Å². The molecule has 156 valence electrons. The third-order valence-corrected chi connectivity index (χ3v) is 5.91. The molecule has 1 amide bonds. The number of amides is 1. The summed E-state index contributed by atoms with van der Waals surface area (Å²) >= 11 is 0. The third kappa shape index (κ3) is 3.64. The standard InChI is InChI=1S/C27H25NO3/c1-20-16-23(19-30-22-12-6-3-7-13-22)31-27(17-20)24-14-8-9-15-25(24)28(26(27)29)18-21-10-4-2-5-11-21/h2-16,23H,17-19H2,1H3. The number of carbonyl (C=O) groups excluding carboxylic acids is 1. The second-order valence-electron chi connectivity index (χ2n) is 8.19. The van der Waals surface area contributed by atoms with Gasteiger partial charge < -0.3 is 14.4 Å². The van der Waals surface area contributed by atoms with Gasteiger partial charge >= 0.3 is 0 Å². The molecule has 0 fully saturated rings. The first-order valence-corrected chi connectivity index (χ1v) is 10.6. The van der Waals surface area contributed by atoms with Crippen molar-refractivity contribution in [3.05, 3.63) is 108 Å². The number of hydrogen-bond acceptors (Lipinski definition) is 3. The molecule has 2 heterocycles. The number of nitrogens with zero attached hydrogens (tertiary/aromatic N) is 1. The molecule has 2 atom stereocenters. The Morgan fingerprint density at radius 3 is 2.42 bits per heavy atom. The number of rotatable bonds is 5. The van der Waals surface area contributed by atoms with Gasteiger partial charge in [-0.15, -0.1) is 0 Å². The molecule has 0 bridgehead atoms. The Labute approximate surface area is 182 Å². The highest BCUT2D eigenvalue weighted by Gasteiger charge is 2.54. The summed E-state index contributed by atoms with van der Waals surface area (Å²) in [4.78, 5) is 15.7. The molecule has 0 saturated heterocycles. The van der Waals surface area contributed by atoms with E-state index in [1.807, 2.05) is 89.8 Å². The van der Waals surface area contributed by atoms with Crippen LogP contribution in [0.2, 0.25) is 0 Å². The topological polar surface area (TPSA) is 38.8 Å². The first-order chi connectivity index (χ1) is 15.2. The molecule has 31 heavy (non-hydrogen) atoms. The van der Waals surface area contributed by atoms with E-state index in [2.05, 4.69) is 13.0 Å². The number of fused-ring (bicyclic) bond motifs is 2. The maximum atomic E-state index is 13.8. The Morgan fingerprint density at radius 2 is 1.65 bits per heavy atom. The van der Waals surface area contributed by atoms with Gasteiger partial charge in [-0.2, -0.15) is 0 Å². The summed E-state index contributed by atoms with van der Waals surface area (Å²) in [6.45, 7) is 2.95. The normalized spacial score (nSPS) is 22.4. The molecule has 1 spiro atoms. The average molecular weight is 412 g/mol. The van der Waals surface area contributed by atoms with Crippen molar-refractivity contribution in [3.63, 3.8) is 0 Å². The highest BCUT2D eigenvalue weighted by molar-refractivity contribution is 6.07. The summed E-state index contributed by atoms with van der Waals surface area (Å²) in [6.07, 6.45) is 2.32. The van der Waals surface area contributed by atoms with Crippen molar-refractivity contribution >= 4 is 11.6 Å². The van der Waals surface area contributed by atoms with Crippen LogP contribution >= 0.6 is 0 Å². The fourth-order valence-corrected chi connectivity index (χ4v) is 4.58. The van der Waals surface area contributed by atoms with Gasteiger partial charge in [-0.05, 0) is 30.7 Å². The smallest absolute Gasteiger partial charge is 0.264 e. The molecule has 2 aliphatic rings. The lowest BCUT2D eigenvalue weighted by molar-refractivity contribution is -0.153. The Hall–Kier alpha value is -3.37. The lowest BCUT2D eigenvalue weighted by Crippen LogP contribution is -2.47. The minimum absolute atomic E-state index is 0.00489. The highest BCUT2D eigenvalue weighted by atomic mass is 16.6. The zero-order chi connectivity index (χ0) is 21.3.